The number of hydrogen-bond acceptors (Lipinski definition) is 3. The van der Waals surface area contributed by atoms with Gasteiger partial charge in [0.2, 0.25) is 0 Å². The van der Waals surface area contributed by atoms with Crippen molar-refractivity contribution in [2.24, 2.45) is 5.92 Å². The van der Waals surface area contributed by atoms with Gasteiger partial charge in [0.25, 0.3) is 0 Å². The van der Waals surface area contributed by atoms with Gasteiger partial charge in [-0.3, -0.25) is 0 Å². The minimum absolute atomic E-state index is 0.169. The molecule has 2 rings (SSSR count). The van der Waals surface area contributed by atoms with Crippen molar-refractivity contribution >= 4 is 0 Å². The van der Waals surface area contributed by atoms with E-state index in [1.54, 1.807) is 0 Å². The third-order valence-electron chi connectivity index (χ3n) is 3.92. The molecule has 1 aliphatic rings. The molecule has 0 aromatic heterocycles. The van der Waals surface area contributed by atoms with Gasteiger partial charge < -0.3 is 15.2 Å². The molecule has 1 aliphatic heterocycles. The Morgan fingerprint density at radius 1 is 1.32 bits per heavy atom. The quantitative estimate of drug-likeness (QED) is 0.858. The number of ether oxygens (including phenoxy) is 1. The van der Waals surface area contributed by atoms with Crippen LogP contribution in [0.2, 0.25) is 0 Å². The highest BCUT2D eigenvalue weighted by Crippen LogP contribution is 2.43. The van der Waals surface area contributed by atoms with Crippen LogP contribution in [0.3, 0.4) is 0 Å². The zero-order valence-corrected chi connectivity index (χ0v) is 12.3. The number of aliphatic hydroxyl groups excluding tert-OH is 1. The van der Waals surface area contributed by atoms with E-state index < -0.39 is 0 Å². The Morgan fingerprint density at radius 2 is 2.00 bits per heavy atom. The largest absolute Gasteiger partial charge is 0.486 e. The maximum atomic E-state index is 9.21. The van der Waals surface area contributed by atoms with Crippen LogP contribution in [0.1, 0.15) is 45.7 Å². The molecular weight excluding hydrogens is 238 g/mol. The van der Waals surface area contributed by atoms with Crippen LogP contribution in [-0.4, -0.2) is 23.4 Å². The number of hydrogen-bond donors (Lipinski definition) is 2. The maximum absolute atomic E-state index is 9.21. The molecular formula is C16H25NO2. The zero-order valence-electron chi connectivity index (χ0n) is 12.3. The lowest BCUT2D eigenvalue weighted by molar-refractivity contribution is 0.0841. The highest BCUT2D eigenvalue weighted by Gasteiger charge is 2.41. The van der Waals surface area contributed by atoms with Gasteiger partial charge in [-0.1, -0.05) is 32.0 Å². The molecule has 0 amide bonds. The predicted molar refractivity (Wildman–Crippen MR) is 77.4 cm³/mol. The van der Waals surface area contributed by atoms with Crippen molar-refractivity contribution in [1.29, 1.82) is 0 Å². The van der Waals surface area contributed by atoms with Gasteiger partial charge in [-0.2, -0.15) is 0 Å². The molecule has 1 heterocycles. The molecule has 106 valence electrons. The molecule has 19 heavy (non-hydrogen) atoms. The summed E-state index contributed by atoms with van der Waals surface area (Å²) in [5, 5.41) is 12.9. The molecule has 3 nitrogen and oxygen atoms in total. The highest BCUT2D eigenvalue weighted by molar-refractivity contribution is 5.42. The lowest BCUT2D eigenvalue weighted by atomic mass is 9.91. The van der Waals surface area contributed by atoms with Crippen molar-refractivity contribution in [3.8, 4) is 5.75 Å². The molecule has 0 spiro atoms. The van der Waals surface area contributed by atoms with E-state index in [4.69, 9.17) is 4.74 Å². The van der Waals surface area contributed by atoms with Gasteiger partial charge in [-0.05, 0) is 32.3 Å². The molecule has 1 aromatic carbocycles. The first-order valence-corrected chi connectivity index (χ1v) is 7.10. The summed E-state index contributed by atoms with van der Waals surface area (Å²) in [4.78, 5) is 0. The first-order valence-electron chi connectivity index (χ1n) is 7.10. The molecule has 0 fully saturated rings. The van der Waals surface area contributed by atoms with Crippen LogP contribution in [0.25, 0.3) is 0 Å². The van der Waals surface area contributed by atoms with Gasteiger partial charge >= 0.3 is 0 Å². The lowest BCUT2D eigenvalue weighted by Gasteiger charge is -2.32. The van der Waals surface area contributed by atoms with Crippen LogP contribution in [-0.2, 0) is 0 Å². The second-order valence-electron chi connectivity index (χ2n) is 6.21. The van der Waals surface area contributed by atoms with E-state index >= 15 is 0 Å². The molecule has 2 unspecified atom stereocenters. The first-order chi connectivity index (χ1) is 8.95. The fourth-order valence-corrected chi connectivity index (χ4v) is 2.78. The Hall–Kier alpha value is -1.06. The Morgan fingerprint density at radius 3 is 2.63 bits per heavy atom. The molecule has 0 saturated carbocycles. The normalized spacial score (nSPS) is 22.1. The van der Waals surface area contributed by atoms with Gasteiger partial charge in [0.1, 0.15) is 11.4 Å². The number of rotatable bonds is 5. The summed E-state index contributed by atoms with van der Waals surface area (Å²) in [5.74, 6) is 1.45. The van der Waals surface area contributed by atoms with E-state index in [1.165, 1.54) is 5.56 Å². The van der Waals surface area contributed by atoms with Crippen molar-refractivity contribution in [3.63, 3.8) is 0 Å². The molecule has 0 aliphatic carbocycles. The second-order valence-corrected chi connectivity index (χ2v) is 6.21. The van der Waals surface area contributed by atoms with Crippen molar-refractivity contribution in [3.05, 3.63) is 29.8 Å². The van der Waals surface area contributed by atoms with E-state index in [0.717, 1.165) is 12.2 Å². The molecule has 0 bridgehead atoms. The second kappa shape index (κ2) is 5.51. The van der Waals surface area contributed by atoms with E-state index in [2.05, 4.69) is 45.1 Å². The van der Waals surface area contributed by atoms with E-state index in [1.807, 2.05) is 12.1 Å². The van der Waals surface area contributed by atoms with E-state index in [-0.39, 0.29) is 18.2 Å². The first kappa shape index (κ1) is 14.4. The highest BCUT2D eigenvalue weighted by atomic mass is 16.5. The van der Waals surface area contributed by atoms with Crippen LogP contribution in [0, 0.1) is 5.92 Å². The molecule has 0 saturated heterocycles. The van der Waals surface area contributed by atoms with Crippen LogP contribution < -0.4 is 10.1 Å². The monoisotopic (exact) mass is 263 g/mol. The molecule has 2 atom stereocenters. The average Bonchev–Trinajstić information content (AvgIpc) is 2.59. The summed E-state index contributed by atoms with van der Waals surface area (Å²) in [5.41, 5.74) is 0.961. The summed E-state index contributed by atoms with van der Waals surface area (Å²) in [6.45, 7) is 8.80. The minimum Gasteiger partial charge on any atom is -0.486 e. The fourth-order valence-electron chi connectivity index (χ4n) is 2.78. The lowest BCUT2D eigenvalue weighted by Crippen LogP contribution is -2.46. The smallest absolute Gasteiger partial charge is 0.125 e. The molecule has 2 N–H and O–H groups in total. The third-order valence-corrected chi connectivity index (χ3v) is 3.92. The van der Waals surface area contributed by atoms with Crippen molar-refractivity contribution in [1.82, 2.24) is 5.32 Å². The van der Waals surface area contributed by atoms with E-state index in [9.17, 15) is 5.11 Å². The number of fused-ring (bicyclic) bond motifs is 1. The predicted octanol–water partition coefficient (Wildman–Crippen LogP) is 2.90. The van der Waals surface area contributed by atoms with Crippen LogP contribution in [0.4, 0.5) is 0 Å². The topological polar surface area (TPSA) is 41.5 Å². The molecule has 1 aromatic rings. The SMILES string of the molecule is CC(C)C(CCO)NC1c2ccccc2OC1(C)C. The van der Waals surface area contributed by atoms with Gasteiger partial charge in [-0.25, -0.2) is 0 Å². The number of nitrogens with one attached hydrogen (secondary N) is 1. The van der Waals surface area contributed by atoms with Crippen LogP contribution in [0.5, 0.6) is 5.75 Å². The van der Waals surface area contributed by atoms with Crippen molar-refractivity contribution in [2.45, 2.75) is 51.8 Å². The maximum Gasteiger partial charge on any atom is 0.125 e. The van der Waals surface area contributed by atoms with Crippen molar-refractivity contribution in [2.75, 3.05) is 6.61 Å². The Kier molecular flexibility index (Phi) is 4.16. The summed E-state index contributed by atoms with van der Waals surface area (Å²) in [6, 6.07) is 8.67. The Labute approximate surface area is 116 Å². The summed E-state index contributed by atoms with van der Waals surface area (Å²) < 4.78 is 6.04. The number of para-hydroxylation sites is 1. The van der Waals surface area contributed by atoms with Crippen LogP contribution in [0.15, 0.2) is 24.3 Å². The molecule has 0 radical (unpaired) electrons. The fraction of sp³-hybridized carbons (Fsp3) is 0.625. The molecule has 3 heteroatoms. The summed E-state index contributed by atoms with van der Waals surface area (Å²) in [7, 11) is 0. The standard InChI is InChI=1S/C16H25NO2/c1-11(2)13(9-10-18)17-15-12-7-5-6-8-14(12)19-16(15,3)4/h5-8,11,13,15,17-18H,9-10H2,1-4H3. The van der Waals surface area contributed by atoms with Gasteiger partial charge in [0.15, 0.2) is 0 Å². The van der Waals surface area contributed by atoms with Gasteiger partial charge in [-0.15, -0.1) is 0 Å². The Bertz CT molecular complexity index is 429. The minimum atomic E-state index is -0.258. The average molecular weight is 263 g/mol. The summed E-state index contributed by atoms with van der Waals surface area (Å²) >= 11 is 0. The van der Waals surface area contributed by atoms with Crippen molar-refractivity contribution < 1.29 is 9.84 Å². The third kappa shape index (κ3) is 2.93. The van der Waals surface area contributed by atoms with Gasteiger partial charge in [0.05, 0.1) is 6.04 Å². The summed E-state index contributed by atoms with van der Waals surface area (Å²) in [6.07, 6.45) is 0.770. The van der Waals surface area contributed by atoms with E-state index in [0.29, 0.717) is 12.0 Å². The van der Waals surface area contributed by atoms with Gasteiger partial charge in [0, 0.05) is 18.2 Å². The number of benzene rings is 1. The number of aliphatic hydroxyl groups is 1. The zero-order chi connectivity index (χ0) is 14.0. The Balaban J connectivity index is 2.22. The van der Waals surface area contributed by atoms with Crippen LogP contribution >= 0.6 is 0 Å².